The summed E-state index contributed by atoms with van der Waals surface area (Å²) >= 11 is 0. The molecule has 14 heteroatoms. The molecule has 0 saturated heterocycles. The third-order valence-electron chi connectivity index (χ3n) is 7.15. The molecule has 0 heterocycles. The molecule has 1 fully saturated rings. The molecule has 0 radical (unpaired) electrons. The predicted octanol–water partition coefficient (Wildman–Crippen LogP) is 4.04. The van der Waals surface area contributed by atoms with Gasteiger partial charge in [-0.15, -0.1) is 0 Å². The number of aliphatic hydroxyl groups excluding tert-OH is 5. The molecule has 0 aromatic rings. The average Bonchev–Trinajstić information content (AvgIpc) is 3.07. The van der Waals surface area contributed by atoms with Crippen molar-refractivity contribution in [3.63, 3.8) is 0 Å². The van der Waals surface area contributed by atoms with Gasteiger partial charge in [-0.1, -0.05) is 93.2 Å². The van der Waals surface area contributed by atoms with Crippen LogP contribution >= 0.6 is 7.82 Å². The van der Waals surface area contributed by atoms with Gasteiger partial charge in [-0.05, 0) is 44.9 Å². The molecule has 0 aromatic carbocycles. The first-order valence-electron chi connectivity index (χ1n) is 16.8. The summed E-state index contributed by atoms with van der Waals surface area (Å²) in [5.41, 5.74) is 0. The van der Waals surface area contributed by atoms with Crippen molar-refractivity contribution in [2.45, 2.75) is 121 Å². The maximum absolute atomic E-state index is 12.7. The van der Waals surface area contributed by atoms with Crippen LogP contribution in [0.4, 0.5) is 0 Å². The fourth-order valence-corrected chi connectivity index (χ4v) is 5.39. The number of esters is 2. The topological polar surface area (TPSA) is 210 Å². The van der Waals surface area contributed by atoms with Gasteiger partial charge in [-0.25, -0.2) is 4.57 Å². The van der Waals surface area contributed by atoms with Gasteiger partial charge in [0.2, 0.25) is 0 Å². The number of phosphoric ester groups is 1. The Morgan fingerprint density at radius 2 is 1.24 bits per heavy atom. The number of hydrogen-bond acceptors (Lipinski definition) is 12. The summed E-state index contributed by atoms with van der Waals surface area (Å²) in [5.74, 6) is -1.25. The lowest BCUT2D eigenvalue weighted by atomic mass is 9.85. The molecule has 0 aliphatic heterocycles. The van der Waals surface area contributed by atoms with Crippen LogP contribution in [-0.2, 0) is 32.7 Å². The minimum absolute atomic E-state index is 0.0350. The Kier molecular flexibility index (Phi) is 23.6. The molecular formula is C35H55O13P. The van der Waals surface area contributed by atoms with Crippen LogP contribution in [0.5, 0.6) is 0 Å². The van der Waals surface area contributed by atoms with Crippen molar-refractivity contribution in [2.75, 3.05) is 13.2 Å². The van der Waals surface area contributed by atoms with Gasteiger partial charge in [-0.2, -0.15) is 0 Å². The average molecular weight is 715 g/mol. The Balaban J connectivity index is 2.66. The summed E-state index contributed by atoms with van der Waals surface area (Å²) in [6.45, 7) is 2.83. The van der Waals surface area contributed by atoms with E-state index >= 15 is 0 Å². The lowest BCUT2D eigenvalue weighted by Crippen LogP contribution is -2.64. The maximum atomic E-state index is 12.7. The van der Waals surface area contributed by atoms with E-state index in [2.05, 4.69) is 13.0 Å². The van der Waals surface area contributed by atoms with E-state index in [1.807, 2.05) is 73.8 Å². The fourth-order valence-electron chi connectivity index (χ4n) is 4.41. The number of allylic oxidation sites excluding steroid dienone is 12. The number of aliphatic hydroxyl groups is 5. The van der Waals surface area contributed by atoms with Crippen LogP contribution in [0.15, 0.2) is 72.9 Å². The summed E-state index contributed by atoms with van der Waals surface area (Å²) in [6, 6.07) is 0. The normalized spacial score (nSPS) is 25.3. The Bertz CT molecular complexity index is 1150. The molecule has 278 valence electrons. The maximum Gasteiger partial charge on any atom is 0.472 e. The lowest BCUT2D eigenvalue weighted by Gasteiger charge is -2.41. The monoisotopic (exact) mass is 714 g/mol. The largest absolute Gasteiger partial charge is 0.472 e. The molecule has 0 spiro atoms. The van der Waals surface area contributed by atoms with Crippen molar-refractivity contribution in [2.24, 2.45) is 0 Å². The molecule has 49 heavy (non-hydrogen) atoms. The predicted molar refractivity (Wildman–Crippen MR) is 184 cm³/mol. The van der Waals surface area contributed by atoms with Crippen molar-refractivity contribution in [3.8, 4) is 0 Å². The minimum Gasteiger partial charge on any atom is -0.462 e. The smallest absolute Gasteiger partial charge is 0.462 e. The van der Waals surface area contributed by atoms with Gasteiger partial charge in [0.1, 0.15) is 43.2 Å². The standard InChI is InChI=1S/C35H55O13P/c1-3-5-7-9-11-12-13-14-15-16-18-20-22-24-29(37)47-27(25-45-28(36)23-21-19-17-10-8-6-4-2)26-46-49(43,44)48-35-33(41)31(39)30(38)32(40)34(35)42/h5-9,11-15,17,19,27,30-35,38-42H,3-4,10,16,18,20-26H2,1-2H3,(H,43,44)/b7-5+,8-6+,11-9+,13-12+,15-14+,19-17+/t27?,30?,31-,32?,33?,34?,35?/m1/s1. The molecule has 6 N–H and O–H groups in total. The second-order valence-electron chi connectivity index (χ2n) is 11.3. The number of ether oxygens (including phenoxy) is 2. The third kappa shape index (κ3) is 19.9. The van der Waals surface area contributed by atoms with Crippen LogP contribution in [0.25, 0.3) is 0 Å². The minimum atomic E-state index is -5.13. The molecule has 1 aliphatic rings. The Morgan fingerprint density at radius 1 is 0.653 bits per heavy atom. The Morgan fingerprint density at radius 3 is 1.90 bits per heavy atom. The molecule has 0 bridgehead atoms. The summed E-state index contributed by atoms with van der Waals surface area (Å²) in [7, 11) is -5.13. The molecule has 1 saturated carbocycles. The van der Waals surface area contributed by atoms with Gasteiger partial charge in [0.05, 0.1) is 6.61 Å². The van der Waals surface area contributed by atoms with Crippen molar-refractivity contribution < 1.29 is 63.1 Å². The summed E-state index contributed by atoms with van der Waals surface area (Å²) in [4.78, 5) is 35.1. The number of carbonyl (C=O) groups excluding carboxylic acids is 2. The van der Waals surface area contributed by atoms with Gasteiger partial charge in [0, 0.05) is 12.8 Å². The second kappa shape index (κ2) is 26.1. The van der Waals surface area contributed by atoms with E-state index in [4.69, 9.17) is 18.5 Å². The molecule has 1 aliphatic carbocycles. The van der Waals surface area contributed by atoms with Gasteiger partial charge in [0.15, 0.2) is 6.10 Å². The van der Waals surface area contributed by atoms with Crippen LogP contribution in [-0.4, -0.2) is 98.3 Å². The molecule has 13 nitrogen and oxygen atoms in total. The van der Waals surface area contributed by atoms with E-state index in [0.29, 0.717) is 12.8 Å². The quantitative estimate of drug-likeness (QED) is 0.0275. The highest BCUT2D eigenvalue weighted by Crippen LogP contribution is 2.47. The molecule has 0 amide bonds. The van der Waals surface area contributed by atoms with Gasteiger partial charge in [-0.3, -0.25) is 18.6 Å². The van der Waals surface area contributed by atoms with Crippen LogP contribution in [0, 0.1) is 0 Å². The fraction of sp³-hybridized carbons (Fsp3) is 0.600. The Hall–Kier alpha value is -2.71. The van der Waals surface area contributed by atoms with E-state index in [1.165, 1.54) is 0 Å². The van der Waals surface area contributed by atoms with E-state index in [-0.39, 0.29) is 12.8 Å². The van der Waals surface area contributed by atoms with Crippen molar-refractivity contribution in [3.05, 3.63) is 72.9 Å². The molecule has 0 aromatic heterocycles. The first-order valence-corrected chi connectivity index (χ1v) is 18.3. The molecule has 7 unspecified atom stereocenters. The highest BCUT2D eigenvalue weighted by molar-refractivity contribution is 7.47. The van der Waals surface area contributed by atoms with Crippen molar-refractivity contribution in [1.82, 2.24) is 0 Å². The van der Waals surface area contributed by atoms with Crippen LogP contribution in [0.1, 0.15) is 78.1 Å². The van der Waals surface area contributed by atoms with Gasteiger partial charge < -0.3 is 39.9 Å². The van der Waals surface area contributed by atoms with Gasteiger partial charge in [0.25, 0.3) is 0 Å². The third-order valence-corrected chi connectivity index (χ3v) is 8.14. The van der Waals surface area contributed by atoms with Crippen LogP contribution in [0.3, 0.4) is 0 Å². The highest BCUT2D eigenvalue weighted by Gasteiger charge is 2.51. The first-order chi connectivity index (χ1) is 23.4. The number of carbonyl (C=O) groups is 2. The lowest BCUT2D eigenvalue weighted by molar-refractivity contribution is -0.220. The van der Waals surface area contributed by atoms with Gasteiger partial charge >= 0.3 is 19.8 Å². The zero-order valence-corrected chi connectivity index (χ0v) is 29.3. The summed E-state index contributed by atoms with van der Waals surface area (Å²) in [5, 5.41) is 49.7. The number of phosphoric acid groups is 1. The molecule has 8 atom stereocenters. The summed E-state index contributed by atoms with van der Waals surface area (Å²) < 4.78 is 33.0. The molecular weight excluding hydrogens is 659 g/mol. The van der Waals surface area contributed by atoms with E-state index in [9.17, 15) is 44.6 Å². The van der Waals surface area contributed by atoms with Crippen molar-refractivity contribution in [1.29, 1.82) is 0 Å². The number of rotatable bonds is 24. The van der Waals surface area contributed by atoms with Crippen molar-refractivity contribution >= 4 is 19.8 Å². The van der Waals surface area contributed by atoms with E-state index in [0.717, 1.165) is 38.5 Å². The van der Waals surface area contributed by atoms with E-state index < -0.39 is 75.7 Å². The van der Waals surface area contributed by atoms with Crippen LogP contribution < -0.4 is 0 Å². The first kappa shape index (κ1) is 44.3. The number of unbranched alkanes of at least 4 members (excludes halogenated alkanes) is 3. The highest BCUT2D eigenvalue weighted by atomic mass is 31.2. The SMILES string of the molecule is CC/C=C/C=C/C=C/C=C/CCCCCC(=O)OC(COC(=O)CC/C=C/C/C=C/CC)COP(=O)(O)OC1C(O)C(O)C(O)[C@@H](O)C1O. The zero-order chi connectivity index (χ0) is 36.5. The van der Waals surface area contributed by atoms with Crippen LogP contribution in [0.2, 0.25) is 0 Å². The zero-order valence-electron chi connectivity index (χ0n) is 28.4. The van der Waals surface area contributed by atoms with E-state index in [1.54, 1.807) is 0 Å². The summed E-state index contributed by atoms with van der Waals surface area (Å²) in [6.07, 6.45) is 16.2. The molecule has 1 rings (SSSR count). The Labute approximate surface area is 289 Å². The second-order valence-corrected chi connectivity index (χ2v) is 12.7. The number of hydrogen-bond donors (Lipinski definition) is 6.